The molecular formula is C21H23F6N5. The third-order valence-electron chi connectivity index (χ3n) is 5.10. The summed E-state index contributed by atoms with van der Waals surface area (Å²) in [4.78, 5) is 4.35. The zero-order valence-corrected chi connectivity index (χ0v) is 17.3. The summed E-state index contributed by atoms with van der Waals surface area (Å²) in [5, 5.41) is 11.2. The first-order valence-corrected chi connectivity index (χ1v) is 10.1. The fourth-order valence-electron chi connectivity index (χ4n) is 3.70. The predicted octanol–water partition coefficient (Wildman–Crippen LogP) is 5.73. The Morgan fingerprint density at radius 1 is 1.09 bits per heavy atom. The van der Waals surface area contributed by atoms with Crippen LogP contribution in [0.1, 0.15) is 55.8 Å². The van der Waals surface area contributed by atoms with Crippen LogP contribution < -0.4 is 11.1 Å². The van der Waals surface area contributed by atoms with Gasteiger partial charge >= 0.3 is 12.4 Å². The average Bonchev–Trinajstić information content (AvgIpc) is 2.67. The lowest BCUT2D eigenvalue weighted by Crippen LogP contribution is -2.24. The lowest BCUT2D eigenvalue weighted by atomic mass is 9.96. The number of halogens is 6. The molecular weight excluding hydrogens is 436 g/mol. The SMILES string of the molecule is CC(N)=Cc1nc(NC2CCCCC2)nnc1-c1ccc(C(F)(F)F)cc1CC(F)(F)F. The molecule has 0 spiro atoms. The van der Waals surface area contributed by atoms with Gasteiger partial charge in [0.15, 0.2) is 0 Å². The van der Waals surface area contributed by atoms with Gasteiger partial charge in [-0.1, -0.05) is 25.3 Å². The van der Waals surface area contributed by atoms with Crippen LogP contribution in [-0.4, -0.2) is 27.4 Å². The van der Waals surface area contributed by atoms with Gasteiger partial charge in [-0.2, -0.15) is 26.3 Å². The molecule has 174 valence electrons. The van der Waals surface area contributed by atoms with Crippen molar-refractivity contribution < 1.29 is 26.3 Å². The van der Waals surface area contributed by atoms with E-state index < -0.39 is 29.9 Å². The van der Waals surface area contributed by atoms with E-state index in [1.165, 1.54) is 6.08 Å². The molecule has 11 heteroatoms. The van der Waals surface area contributed by atoms with E-state index in [4.69, 9.17) is 5.73 Å². The van der Waals surface area contributed by atoms with Gasteiger partial charge in [-0.05, 0) is 43.5 Å². The maximum atomic E-state index is 13.1. The van der Waals surface area contributed by atoms with Crippen molar-refractivity contribution in [3.63, 3.8) is 0 Å². The van der Waals surface area contributed by atoms with Crippen molar-refractivity contribution in [1.29, 1.82) is 0 Å². The summed E-state index contributed by atoms with van der Waals surface area (Å²) in [5.41, 5.74) is 4.23. The fraction of sp³-hybridized carbons (Fsp3) is 0.476. The van der Waals surface area contributed by atoms with E-state index in [-0.39, 0.29) is 28.9 Å². The lowest BCUT2D eigenvalue weighted by Gasteiger charge is -2.22. The van der Waals surface area contributed by atoms with Gasteiger partial charge in [0.2, 0.25) is 5.95 Å². The number of hydrogen-bond acceptors (Lipinski definition) is 5. The van der Waals surface area contributed by atoms with Gasteiger partial charge < -0.3 is 11.1 Å². The quantitative estimate of drug-likeness (QED) is 0.559. The van der Waals surface area contributed by atoms with Crippen LogP contribution in [0, 0.1) is 0 Å². The molecule has 3 rings (SSSR count). The second kappa shape index (κ2) is 9.33. The molecule has 0 saturated heterocycles. The van der Waals surface area contributed by atoms with Crippen molar-refractivity contribution in [2.24, 2.45) is 5.73 Å². The van der Waals surface area contributed by atoms with Crippen LogP contribution in [0.15, 0.2) is 23.9 Å². The Labute approximate surface area is 181 Å². The molecule has 0 radical (unpaired) electrons. The van der Waals surface area contributed by atoms with Crippen molar-refractivity contribution in [1.82, 2.24) is 15.2 Å². The number of nitrogens with one attached hydrogen (secondary N) is 1. The largest absolute Gasteiger partial charge is 0.416 e. The van der Waals surface area contributed by atoms with Crippen LogP contribution >= 0.6 is 0 Å². The highest BCUT2D eigenvalue weighted by atomic mass is 19.4. The first-order chi connectivity index (χ1) is 14.9. The van der Waals surface area contributed by atoms with Crippen LogP contribution in [0.3, 0.4) is 0 Å². The zero-order valence-electron chi connectivity index (χ0n) is 17.3. The van der Waals surface area contributed by atoms with E-state index in [1.54, 1.807) is 6.92 Å². The summed E-state index contributed by atoms with van der Waals surface area (Å²) in [6.07, 6.45) is -4.52. The van der Waals surface area contributed by atoms with Crippen molar-refractivity contribution in [3.8, 4) is 11.3 Å². The Morgan fingerprint density at radius 3 is 2.38 bits per heavy atom. The van der Waals surface area contributed by atoms with Crippen molar-refractivity contribution in [2.75, 3.05) is 5.32 Å². The molecule has 0 bridgehead atoms. The highest BCUT2D eigenvalue weighted by Gasteiger charge is 2.34. The summed E-state index contributed by atoms with van der Waals surface area (Å²) in [7, 11) is 0. The normalized spacial score (nSPS) is 16.3. The number of nitrogens with zero attached hydrogens (tertiary/aromatic N) is 3. The summed E-state index contributed by atoms with van der Waals surface area (Å²) in [6.45, 7) is 1.56. The molecule has 0 amide bonds. The van der Waals surface area contributed by atoms with Crippen LogP contribution in [0.5, 0.6) is 0 Å². The van der Waals surface area contributed by atoms with Gasteiger partial charge in [0.1, 0.15) is 5.69 Å². The maximum absolute atomic E-state index is 13.1. The Kier molecular flexibility index (Phi) is 6.94. The minimum atomic E-state index is -4.78. The van der Waals surface area contributed by atoms with E-state index in [9.17, 15) is 26.3 Å². The Bertz CT molecular complexity index is 974. The maximum Gasteiger partial charge on any atom is 0.416 e. The molecule has 1 aliphatic carbocycles. The third-order valence-corrected chi connectivity index (χ3v) is 5.10. The average molecular weight is 459 g/mol. The van der Waals surface area contributed by atoms with Gasteiger partial charge in [0.05, 0.1) is 17.7 Å². The van der Waals surface area contributed by atoms with E-state index in [0.717, 1.165) is 38.2 Å². The molecule has 3 N–H and O–H groups in total. The standard InChI is InChI=1S/C21H23F6N5/c1-12(28)9-17-18(31-32-19(30-17)29-15-5-3-2-4-6-15)16-8-7-14(21(25,26)27)10-13(16)11-20(22,23)24/h7-10,15H,2-6,11,28H2,1H3,(H,29,30,32). The second-order valence-electron chi connectivity index (χ2n) is 7.90. The number of nitrogens with two attached hydrogens (primary N) is 1. The number of aromatic nitrogens is 3. The Morgan fingerprint density at radius 2 is 1.78 bits per heavy atom. The molecule has 1 heterocycles. The number of allylic oxidation sites excluding steroid dienone is 1. The molecule has 1 aliphatic rings. The van der Waals surface area contributed by atoms with Crippen molar-refractivity contribution in [2.45, 2.75) is 63.8 Å². The van der Waals surface area contributed by atoms with E-state index in [2.05, 4.69) is 20.5 Å². The summed E-state index contributed by atoms with van der Waals surface area (Å²) >= 11 is 0. The number of anilines is 1. The molecule has 0 aliphatic heterocycles. The first-order valence-electron chi connectivity index (χ1n) is 10.1. The molecule has 2 aromatic rings. The van der Waals surface area contributed by atoms with Gasteiger partial charge in [0.25, 0.3) is 0 Å². The molecule has 0 unspecified atom stereocenters. The number of rotatable bonds is 5. The molecule has 1 aromatic carbocycles. The monoisotopic (exact) mass is 459 g/mol. The lowest BCUT2D eigenvalue weighted by molar-refractivity contribution is -0.138. The highest BCUT2D eigenvalue weighted by Crippen LogP contribution is 2.36. The molecule has 0 atom stereocenters. The summed E-state index contributed by atoms with van der Waals surface area (Å²) in [6, 6.07) is 2.32. The zero-order chi connectivity index (χ0) is 23.5. The van der Waals surface area contributed by atoms with E-state index in [1.807, 2.05) is 0 Å². The summed E-state index contributed by atoms with van der Waals surface area (Å²) in [5.74, 6) is 0.192. The Hall–Kier alpha value is -2.85. The van der Waals surface area contributed by atoms with Crippen molar-refractivity contribution >= 4 is 12.0 Å². The summed E-state index contributed by atoms with van der Waals surface area (Å²) < 4.78 is 78.7. The molecule has 1 aromatic heterocycles. The molecule has 5 nitrogen and oxygen atoms in total. The van der Waals surface area contributed by atoms with E-state index >= 15 is 0 Å². The minimum absolute atomic E-state index is 0.0723. The second-order valence-corrected chi connectivity index (χ2v) is 7.90. The van der Waals surface area contributed by atoms with Crippen LogP contribution in [-0.2, 0) is 12.6 Å². The smallest absolute Gasteiger partial charge is 0.402 e. The van der Waals surface area contributed by atoms with Crippen molar-refractivity contribution in [3.05, 3.63) is 40.7 Å². The van der Waals surface area contributed by atoms with Gasteiger partial charge in [-0.3, -0.25) is 0 Å². The first kappa shape index (κ1) is 23.8. The van der Waals surface area contributed by atoms with E-state index in [0.29, 0.717) is 17.8 Å². The Balaban J connectivity index is 2.07. The number of benzene rings is 1. The molecule has 32 heavy (non-hydrogen) atoms. The van der Waals surface area contributed by atoms with Crippen LogP contribution in [0.25, 0.3) is 17.3 Å². The van der Waals surface area contributed by atoms with Gasteiger partial charge in [-0.25, -0.2) is 4.98 Å². The topological polar surface area (TPSA) is 76.7 Å². The number of alkyl halides is 6. The third kappa shape index (κ3) is 6.33. The van der Waals surface area contributed by atoms with Crippen LogP contribution in [0.2, 0.25) is 0 Å². The van der Waals surface area contributed by atoms with Gasteiger partial charge in [-0.15, -0.1) is 10.2 Å². The highest BCUT2D eigenvalue weighted by molar-refractivity contribution is 5.73. The molecule has 1 fully saturated rings. The number of hydrogen-bond donors (Lipinski definition) is 2. The van der Waals surface area contributed by atoms with Crippen LogP contribution in [0.4, 0.5) is 32.3 Å². The van der Waals surface area contributed by atoms with Gasteiger partial charge in [0, 0.05) is 17.3 Å². The minimum Gasteiger partial charge on any atom is -0.402 e. The predicted molar refractivity (Wildman–Crippen MR) is 108 cm³/mol. The fourth-order valence-corrected chi connectivity index (χ4v) is 3.70. The molecule has 1 saturated carbocycles.